The van der Waals surface area contributed by atoms with Crippen molar-refractivity contribution in [3.8, 4) is 5.75 Å². The Morgan fingerprint density at radius 3 is 2.53 bits per heavy atom. The van der Waals surface area contributed by atoms with E-state index in [0.717, 1.165) is 5.56 Å². The van der Waals surface area contributed by atoms with Gasteiger partial charge in [-0.2, -0.15) is 13.2 Å². The van der Waals surface area contributed by atoms with Gasteiger partial charge in [0.05, 0.1) is 13.5 Å². The summed E-state index contributed by atoms with van der Waals surface area (Å²) in [5.41, 5.74) is 0.858. The molecule has 96 valence electrons. The SMILES string of the molecule is COc1ccccc1[C@@H](C)NCCC(F)(F)F. The zero-order chi connectivity index (χ0) is 12.9. The van der Waals surface area contributed by atoms with Crippen LogP contribution in [0.2, 0.25) is 0 Å². The van der Waals surface area contributed by atoms with Crippen LogP contribution in [0.3, 0.4) is 0 Å². The first-order valence-corrected chi connectivity index (χ1v) is 5.37. The van der Waals surface area contributed by atoms with Gasteiger partial charge in [0.2, 0.25) is 0 Å². The number of halogens is 3. The summed E-state index contributed by atoms with van der Waals surface area (Å²) in [6.45, 7) is 1.72. The van der Waals surface area contributed by atoms with E-state index in [1.165, 1.54) is 0 Å². The van der Waals surface area contributed by atoms with Crippen LogP contribution in [0.4, 0.5) is 13.2 Å². The number of alkyl halides is 3. The molecule has 1 aromatic carbocycles. The van der Waals surface area contributed by atoms with E-state index in [4.69, 9.17) is 4.74 Å². The molecule has 0 fully saturated rings. The number of ether oxygens (including phenoxy) is 1. The van der Waals surface area contributed by atoms with Crippen molar-refractivity contribution < 1.29 is 17.9 Å². The Morgan fingerprint density at radius 2 is 1.94 bits per heavy atom. The Kier molecular flexibility index (Phi) is 4.81. The van der Waals surface area contributed by atoms with E-state index in [9.17, 15) is 13.2 Å². The predicted molar refractivity (Wildman–Crippen MR) is 60.1 cm³/mol. The number of hydrogen-bond acceptors (Lipinski definition) is 2. The number of methoxy groups -OCH3 is 1. The molecule has 0 saturated heterocycles. The van der Waals surface area contributed by atoms with Gasteiger partial charge in [0, 0.05) is 18.2 Å². The van der Waals surface area contributed by atoms with Crippen molar-refractivity contribution in [2.24, 2.45) is 0 Å². The number of rotatable bonds is 5. The van der Waals surface area contributed by atoms with Crippen LogP contribution in [0.15, 0.2) is 24.3 Å². The fourth-order valence-corrected chi connectivity index (χ4v) is 1.56. The summed E-state index contributed by atoms with van der Waals surface area (Å²) in [7, 11) is 1.54. The normalized spacial score (nSPS) is 13.5. The number of benzene rings is 1. The summed E-state index contributed by atoms with van der Waals surface area (Å²) in [5, 5.41) is 2.83. The summed E-state index contributed by atoms with van der Waals surface area (Å²) in [4.78, 5) is 0. The average Bonchev–Trinajstić information content (AvgIpc) is 2.27. The van der Waals surface area contributed by atoms with Gasteiger partial charge in [-0.1, -0.05) is 18.2 Å². The number of nitrogens with one attached hydrogen (secondary N) is 1. The summed E-state index contributed by atoms with van der Waals surface area (Å²) in [6.07, 6.45) is -4.94. The lowest BCUT2D eigenvalue weighted by Gasteiger charge is -2.17. The molecule has 1 N–H and O–H groups in total. The molecule has 0 spiro atoms. The minimum Gasteiger partial charge on any atom is -0.496 e. The Hall–Kier alpha value is -1.23. The lowest BCUT2D eigenvalue weighted by atomic mass is 10.1. The highest BCUT2D eigenvalue weighted by molar-refractivity contribution is 5.35. The molecule has 2 nitrogen and oxygen atoms in total. The molecule has 0 heterocycles. The predicted octanol–water partition coefficient (Wildman–Crippen LogP) is 3.30. The third-order valence-corrected chi connectivity index (χ3v) is 2.46. The van der Waals surface area contributed by atoms with Crippen LogP contribution in [0, 0.1) is 0 Å². The van der Waals surface area contributed by atoms with Crippen molar-refractivity contribution in [2.75, 3.05) is 13.7 Å². The van der Waals surface area contributed by atoms with E-state index in [2.05, 4.69) is 5.32 Å². The monoisotopic (exact) mass is 247 g/mol. The van der Waals surface area contributed by atoms with Gasteiger partial charge in [-0.3, -0.25) is 0 Å². The topological polar surface area (TPSA) is 21.3 Å². The maximum absolute atomic E-state index is 12.0. The van der Waals surface area contributed by atoms with Crippen LogP contribution in [0.1, 0.15) is 24.9 Å². The lowest BCUT2D eigenvalue weighted by molar-refractivity contribution is -0.133. The third kappa shape index (κ3) is 4.65. The minimum atomic E-state index is -4.12. The Bertz CT molecular complexity index is 352. The molecule has 0 saturated carbocycles. The molecule has 0 aliphatic rings. The standard InChI is InChI=1S/C12H16F3NO/c1-9(16-8-7-12(13,14)15)10-5-3-4-6-11(10)17-2/h3-6,9,16H,7-8H2,1-2H3/t9-/m1/s1. The zero-order valence-electron chi connectivity index (χ0n) is 9.84. The summed E-state index contributed by atoms with van der Waals surface area (Å²) in [6, 6.07) is 7.11. The fourth-order valence-electron chi connectivity index (χ4n) is 1.56. The van der Waals surface area contributed by atoms with Gasteiger partial charge >= 0.3 is 6.18 Å². The van der Waals surface area contributed by atoms with E-state index >= 15 is 0 Å². The first kappa shape index (κ1) is 13.8. The van der Waals surface area contributed by atoms with E-state index < -0.39 is 12.6 Å². The second-order valence-corrected chi connectivity index (χ2v) is 3.78. The molecule has 5 heteroatoms. The fraction of sp³-hybridized carbons (Fsp3) is 0.500. The smallest absolute Gasteiger partial charge is 0.390 e. The van der Waals surface area contributed by atoms with Crippen molar-refractivity contribution >= 4 is 0 Å². The van der Waals surface area contributed by atoms with E-state index in [1.807, 2.05) is 25.1 Å². The van der Waals surface area contributed by atoms with Gasteiger partial charge in [-0.15, -0.1) is 0 Å². The molecular weight excluding hydrogens is 231 g/mol. The molecule has 0 aromatic heterocycles. The first-order chi connectivity index (χ1) is 7.94. The Morgan fingerprint density at radius 1 is 1.29 bits per heavy atom. The number of para-hydroxylation sites is 1. The molecule has 0 amide bonds. The van der Waals surface area contributed by atoms with Crippen molar-refractivity contribution in [1.82, 2.24) is 5.32 Å². The molecule has 0 aliphatic carbocycles. The zero-order valence-corrected chi connectivity index (χ0v) is 9.84. The van der Waals surface area contributed by atoms with E-state index in [1.54, 1.807) is 13.2 Å². The summed E-state index contributed by atoms with van der Waals surface area (Å²) < 4.78 is 41.1. The minimum absolute atomic E-state index is 0.0945. The summed E-state index contributed by atoms with van der Waals surface area (Å²) >= 11 is 0. The molecule has 0 aliphatic heterocycles. The molecule has 1 aromatic rings. The van der Waals surface area contributed by atoms with Crippen LogP contribution >= 0.6 is 0 Å². The van der Waals surface area contributed by atoms with Crippen LogP contribution in [-0.4, -0.2) is 19.8 Å². The third-order valence-electron chi connectivity index (χ3n) is 2.46. The van der Waals surface area contributed by atoms with Gasteiger partial charge in [-0.05, 0) is 13.0 Å². The largest absolute Gasteiger partial charge is 0.496 e. The molecule has 1 atom stereocenters. The first-order valence-electron chi connectivity index (χ1n) is 5.37. The van der Waals surface area contributed by atoms with Crippen LogP contribution in [0.5, 0.6) is 5.75 Å². The van der Waals surface area contributed by atoms with Crippen molar-refractivity contribution in [2.45, 2.75) is 25.6 Å². The maximum Gasteiger partial charge on any atom is 0.390 e. The van der Waals surface area contributed by atoms with Crippen molar-refractivity contribution in [3.63, 3.8) is 0 Å². The van der Waals surface area contributed by atoms with Crippen molar-refractivity contribution in [1.29, 1.82) is 0 Å². The Labute approximate surface area is 98.8 Å². The highest BCUT2D eigenvalue weighted by Crippen LogP contribution is 2.25. The molecule has 0 unspecified atom stereocenters. The summed E-state index contributed by atoms with van der Waals surface area (Å²) in [5.74, 6) is 0.680. The number of hydrogen-bond donors (Lipinski definition) is 1. The highest BCUT2D eigenvalue weighted by atomic mass is 19.4. The molecule has 0 bridgehead atoms. The second-order valence-electron chi connectivity index (χ2n) is 3.78. The van der Waals surface area contributed by atoms with Crippen LogP contribution < -0.4 is 10.1 Å². The van der Waals surface area contributed by atoms with Crippen LogP contribution in [-0.2, 0) is 0 Å². The van der Waals surface area contributed by atoms with Gasteiger partial charge in [0.25, 0.3) is 0 Å². The van der Waals surface area contributed by atoms with Gasteiger partial charge in [0.1, 0.15) is 5.75 Å². The van der Waals surface area contributed by atoms with Crippen LogP contribution in [0.25, 0.3) is 0 Å². The average molecular weight is 247 g/mol. The van der Waals surface area contributed by atoms with Gasteiger partial charge in [0.15, 0.2) is 0 Å². The van der Waals surface area contributed by atoms with E-state index in [-0.39, 0.29) is 12.6 Å². The molecule has 0 radical (unpaired) electrons. The Balaban J connectivity index is 2.55. The van der Waals surface area contributed by atoms with Gasteiger partial charge < -0.3 is 10.1 Å². The molecule has 1 rings (SSSR count). The van der Waals surface area contributed by atoms with Crippen molar-refractivity contribution in [3.05, 3.63) is 29.8 Å². The maximum atomic E-state index is 12.0. The quantitative estimate of drug-likeness (QED) is 0.862. The van der Waals surface area contributed by atoms with E-state index in [0.29, 0.717) is 5.75 Å². The second kappa shape index (κ2) is 5.91. The highest BCUT2D eigenvalue weighted by Gasteiger charge is 2.26. The lowest BCUT2D eigenvalue weighted by Crippen LogP contribution is -2.24. The molecule has 17 heavy (non-hydrogen) atoms. The van der Waals surface area contributed by atoms with Gasteiger partial charge in [-0.25, -0.2) is 0 Å². The molecular formula is C12H16F3NO.